The van der Waals surface area contributed by atoms with Crippen molar-refractivity contribution < 1.29 is 9.57 Å². The number of fused-ring (bicyclic) bond motifs is 2. The maximum Gasteiger partial charge on any atom is 0.162 e. The van der Waals surface area contributed by atoms with Crippen LogP contribution in [0.5, 0.6) is 5.75 Å². The van der Waals surface area contributed by atoms with Crippen LogP contribution >= 0.6 is 23.2 Å². The molecule has 6 heteroatoms. The van der Waals surface area contributed by atoms with Gasteiger partial charge in [0.2, 0.25) is 0 Å². The van der Waals surface area contributed by atoms with Gasteiger partial charge in [0.05, 0.1) is 12.3 Å². The fourth-order valence-electron chi connectivity index (χ4n) is 3.35. The van der Waals surface area contributed by atoms with E-state index in [1.807, 2.05) is 49.5 Å². The number of rotatable bonds is 7. The van der Waals surface area contributed by atoms with Crippen LogP contribution in [0, 0.1) is 0 Å². The summed E-state index contributed by atoms with van der Waals surface area (Å²) in [6.45, 7) is 1.53. The number of halogens is 2. The molecule has 1 heterocycles. The number of nitrogens with one attached hydrogen (secondary N) is 2. The average Bonchev–Trinajstić information content (AvgIpc) is 3.36. The zero-order valence-corrected chi connectivity index (χ0v) is 16.0. The van der Waals surface area contributed by atoms with Crippen molar-refractivity contribution in [1.82, 2.24) is 10.8 Å². The fraction of sp³-hybridized carbons (Fsp3) is 0.300. The van der Waals surface area contributed by atoms with Crippen LogP contribution in [-0.2, 0) is 10.4 Å². The van der Waals surface area contributed by atoms with Gasteiger partial charge in [0.1, 0.15) is 5.75 Å². The first kappa shape index (κ1) is 17.7. The average molecular weight is 391 g/mol. The summed E-state index contributed by atoms with van der Waals surface area (Å²) >= 11 is 12.2. The molecule has 2 aromatic carbocycles. The second kappa shape index (κ2) is 7.12. The normalized spacial score (nSPS) is 20.3. The highest BCUT2D eigenvalue weighted by atomic mass is 35.5. The first-order chi connectivity index (χ1) is 12.6. The van der Waals surface area contributed by atoms with Gasteiger partial charge < -0.3 is 10.1 Å². The maximum atomic E-state index is 6.38. The third kappa shape index (κ3) is 3.19. The minimum absolute atomic E-state index is 0.459. The minimum Gasteiger partial charge on any atom is -0.477 e. The lowest BCUT2D eigenvalue weighted by Gasteiger charge is -2.26. The minimum atomic E-state index is -0.459. The first-order valence-electron chi connectivity index (χ1n) is 8.65. The van der Waals surface area contributed by atoms with E-state index in [9.17, 15) is 0 Å². The van der Waals surface area contributed by atoms with Gasteiger partial charge in [-0.3, -0.25) is 10.3 Å². The van der Waals surface area contributed by atoms with Crippen molar-refractivity contribution in [3.05, 3.63) is 69.2 Å². The molecule has 0 amide bonds. The molecule has 2 aromatic rings. The molecule has 0 aromatic heterocycles. The zero-order valence-electron chi connectivity index (χ0n) is 14.4. The quantitative estimate of drug-likeness (QED) is 0.538. The third-order valence-corrected chi connectivity index (χ3v) is 5.23. The summed E-state index contributed by atoms with van der Waals surface area (Å²) in [6.07, 6.45) is 1.74. The summed E-state index contributed by atoms with van der Waals surface area (Å²) in [5.74, 6) is 0.759. The standard InChI is InChI=1S/C20H20Cl2N2O2/c1-23-9-2-10-25-24-19-16-8-7-15(22)11-18(16)26-20(12-17(19)20)13-3-5-14(21)6-4-13/h3-8,11,23-24H,2,9-10,12H2,1H3. The van der Waals surface area contributed by atoms with Crippen LogP contribution in [0.15, 0.2) is 48.0 Å². The third-order valence-electron chi connectivity index (χ3n) is 4.75. The maximum absolute atomic E-state index is 6.38. The Balaban J connectivity index is 1.65. The molecule has 1 saturated carbocycles. The summed E-state index contributed by atoms with van der Waals surface area (Å²) in [7, 11) is 1.93. The summed E-state index contributed by atoms with van der Waals surface area (Å²) in [6, 6.07) is 13.5. The molecule has 1 unspecified atom stereocenters. The van der Waals surface area contributed by atoms with Crippen LogP contribution < -0.4 is 15.5 Å². The van der Waals surface area contributed by atoms with E-state index >= 15 is 0 Å². The van der Waals surface area contributed by atoms with Crippen LogP contribution in [0.3, 0.4) is 0 Å². The largest absolute Gasteiger partial charge is 0.477 e. The summed E-state index contributed by atoms with van der Waals surface area (Å²) in [4.78, 5) is 5.70. The van der Waals surface area contributed by atoms with Gasteiger partial charge in [-0.15, -0.1) is 0 Å². The summed E-state index contributed by atoms with van der Waals surface area (Å²) < 4.78 is 6.38. The molecule has 2 N–H and O–H groups in total. The van der Waals surface area contributed by atoms with Crippen LogP contribution in [0.1, 0.15) is 24.0 Å². The van der Waals surface area contributed by atoms with Crippen LogP contribution in [0.4, 0.5) is 0 Å². The van der Waals surface area contributed by atoms with Gasteiger partial charge in [0.25, 0.3) is 0 Å². The molecule has 26 heavy (non-hydrogen) atoms. The Morgan fingerprint density at radius 2 is 1.88 bits per heavy atom. The molecule has 0 radical (unpaired) electrons. The molecule has 0 spiro atoms. The Morgan fingerprint density at radius 3 is 2.65 bits per heavy atom. The Bertz CT molecular complexity index is 851. The lowest BCUT2D eigenvalue weighted by molar-refractivity contribution is 0.0748. The van der Waals surface area contributed by atoms with Crippen molar-refractivity contribution in [2.24, 2.45) is 0 Å². The molecule has 2 aliphatic rings. The molecule has 0 bridgehead atoms. The van der Waals surface area contributed by atoms with Crippen molar-refractivity contribution >= 4 is 28.9 Å². The Kier molecular flexibility index (Phi) is 4.84. The SMILES string of the molecule is CNCCCONC1=C2CC2(c2ccc(Cl)cc2)Oc2cc(Cl)ccc21. The van der Waals surface area contributed by atoms with Crippen LogP contribution in [-0.4, -0.2) is 20.2 Å². The van der Waals surface area contributed by atoms with Gasteiger partial charge in [-0.2, -0.15) is 0 Å². The van der Waals surface area contributed by atoms with E-state index in [2.05, 4.69) is 10.8 Å². The van der Waals surface area contributed by atoms with Crippen molar-refractivity contribution in [3.8, 4) is 5.75 Å². The fourth-order valence-corrected chi connectivity index (χ4v) is 3.63. The molecule has 1 fully saturated rings. The van der Waals surface area contributed by atoms with Gasteiger partial charge in [0, 0.05) is 33.2 Å². The molecule has 4 rings (SSSR count). The molecule has 1 aliphatic heterocycles. The van der Waals surface area contributed by atoms with E-state index in [0.29, 0.717) is 16.7 Å². The molecule has 1 atom stereocenters. The van der Waals surface area contributed by atoms with E-state index in [-0.39, 0.29) is 0 Å². The highest BCUT2D eigenvalue weighted by molar-refractivity contribution is 6.31. The first-order valence-corrected chi connectivity index (χ1v) is 9.41. The Labute approximate surface area is 163 Å². The second-order valence-electron chi connectivity index (χ2n) is 6.51. The van der Waals surface area contributed by atoms with E-state index in [1.54, 1.807) is 0 Å². The van der Waals surface area contributed by atoms with Crippen LogP contribution in [0.2, 0.25) is 10.0 Å². The van der Waals surface area contributed by atoms with Gasteiger partial charge in [-0.1, -0.05) is 35.3 Å². The van der Waals surface area contributed by atoms with Crippen LogP contribution in [0.25, 0.3) is 5.70 Å². The van der Waals surface area contributed by atoms with Gasteiger partial charge in [-0.05, 0) is 50.3 Å². The predicted molar refractivity (Wildman–Crippen MR) is 104 cm³/mol. The molecule has 136 valence electrons. The smallest absolute Gasteiger partial charge is 0.162 e. The van der Waals surface area contributed by atoms with Gasteiger partial charge in [0.15, 0.2) is 5.60 Å². The van der Waals surface area contributed by atoms with E-state index in [0.717, 1.165) is 42.0 Å². The number of benzene rings is 2. The zero-order chi connectivity index (χ0) is 18.1. The van der Waals surface area contributed by atoms with Crippen molar-refractivity contribution in [3.63, 3.8) is 0 Å². The number of hydroxylamine groups is 1. The summed E-state index contributed by atoms with van der Waals surface area (Å²) in [5.41, 5.74) is 6.91. The second-order valence-corrected chi connectivity index (χ2v) is 7.39. The summed E-state index contributed by atoms with van der Waals surface area (Å²) in [5, 5.41) is 4.47. The van der Waals surface area contributed by atoms with E-state index < -0.39 is 5.60 Å². The van der Waals surface area contributed by atoms with E-state index in [1.165, 1.54) is 5.57 Å². The lowest BCUT2D eigenvalue weighted by Crippen LogP contribution is -2.25. The number of hydrogen-bond donors (Lipinski definition) is 2. The highest BCUT2D eigenvalue weighted by Crippen LogP contribution is 2.61. The van der Waals surface area contributed by atoms with Crippen molar-refractivity contribution in [2.75, 3.05) is 20.2 Å². The highest BCUT2D eigenvalue weighted by Gasteiger charge is 2.58. The molecule has 4 nitrogen and oxygen atoms in total. The van der Waals surface area contributed by atoms with Gasteiger partial charge in [-0.25, -0.2) is 0 Å². The molecular weight excluding hydrogens is 371 g/mol. The van der Waals surface area contributed by atoms with Gasteiger partial charge >= 0.3 is 0 Å². The molecular formula is C20H20Cl2N2O2. The topological polar surface area (TPSA) is 42.5 Å². The molecule has 0 saturated heterocycles. The van der Waals surface area contributed by atoms with Crippen molar-refractivity contribution in [2.45, 2.75) is 18.4 Å². The monoisotopic (exact) mass is 390 g/mol. The lowest BCUT2D eigenvalue weighted by atomic mass is 10.0. The van der Waals surface area contributed by atoms with E-state index in [4.69, 9.17) is 32.8 Å². The Morgan fingerprint density at radius 1 is 1.12 bits per heavy atom. The predicted octanol–water partition coefficient (Wildman–Crippen LogP) is 4.53. The molecule has 1 aliphatic carbocycles. The number of hydrogen-bond acceptors (Lipinski definition) is 4. The number of ether oxygens (including phenoxy) is 1. The van der Waals surface area contributed by atoms with Crippen molar-refractivity contribution in [1.29, 1.82) is 0 Å². The Hall–Kier alpha value is -1.72.